The summed E-state index contributed by atoms with van der Waals surface area (Å²) in [6, 6.07) is 14.3. The normalized spacial score (nSPS) is 27.9. The number of rotatable bonds is 4. The third-order valence-corrected chi connectivity index (χ3v) is 12.2. The van der Waals surface area contributed by atoms with E-state index in [1.54, 1.807) is 24.3 Å². The number of amides is 4. The number of phenols is 1. The maximum absolute atomic E-state index is 15.3. The van der Waals surface area contributed by atoms with E-state index in [4.69, 9.17) is 23.2 Å². The standard InChI is InChI=1S/C37H21Cl2F5N2O7/c38-36-13-20-18(9-10-19-22(20)32(49)45(31(19)48)16-6-3-5-15(12-16)33(50)51)24(23-17-7-2-1-4-14(17)8-11-21(23)47)37(36,39)35(53)46(34(36)52)30-28(43)26(41)25(40)27(42)29(30)44/h1-9,11-12,19-20,22,24,47H,10,13H2,(H,50,51)/t19-,20+,22-,24+,36+,37-/m0/s1. The number of anilines is 2. The number of aromatic carboxylic acids is 1. The first-order valence-corrected chi connectivity index (χ1v) is 16.7. The Kier molecular flexibility index (Phi) is 7.59. The predicted octanol–water partition coefficient (Wildman–Crippen LogP) is 6.71. The molecule has 53 heavy (non-hydrogen) atoms. The molecule has 4 aromatic carbocycles. The van der Waals surface area contributed by atoms with E-state index in [1.807, 2.05) is 0 Å². The van der Waals surface area contributed by atoms with Crippen LogP contribution in [0.2, 0.25) is 0 Å². The number of carboxylic acid groups (broad SMARTS) is 1. The number of carbonyl (C=O) groups excluding carboxylic acids is 4. The number of aromatic hydroxyl groups is 1. The number of carboxylic acids is 1. The van der Waals surface area contributed by atoms with Gasteiger partial charge in [0.1, 0.15) is 11.4 Å². The first-order chi connectivity index (χ1) is 25.1. The summed E-state index contributed by atoms with van der Waals surface area (Å²) in [6.07, 6.45) is 0.606. The monoisotopic (exact) mass is 770 g/mol. The molecule has 1 saturated carbocycles. The lowest BCUT2D eigenvalue weighted by atomic mass is 9.56. The van der Waals surface area contributed by atoms with Crippen molar-refractivity contribution in [1.82, 2.24) is 0 Å². The van der Waals surface area contributed by atoms with Crippen LogP contribution in [0.4, 0.5) is 33.3 Å². The maximum atomic E-state index is 15.3. The second-order valence-corrected chi connectivity index (χ2v) is 14.5. The van der Waals surface area contributed by atoms with Crippen molar-refractivity contribution in [1.29, 1.82) is 0 Å². The van der Waals surface area contributed by atoms with Gasteiger partial charge in [-0.25, -0.2) is 31.6 Å². The van der Waals surface area contributed by atoms with Crippen LogP contribution in [0.25, 0.3) is 10.8 Å². The zero-order chi connectivity index (χ0) is 38.0. The summed E-state index contributed by atoms with van der Waals surface area (Å²) < 4.78 is 73.9. The van der Waals surface area contributed by atoms with Crippen LogP contribution in [0, 0.1) is 46.8 Å². The highest BCUT2D eigenvalue weighted by Gasteiger charge is 2.77. The average Bonchev–Trinajstić information content (AvgIpc) is 3.48. The fourth-order valence-corrected chi connectivity index (χ4v) is 9.42. The summed E-state index contributed by atoms with van der Waals surface area (Å²) in [5.41, 5.74) is -2.16. The number of imide groups is 2. The molecule has 0 bridgehead atoms. The van der Waals surface area contributed by atoms with Gasteiger partial charge in [-0.15, -0.1) is 23.2 Å². The number of hydrogen-bond donors (Lipinski definition) is 2. The van der Waals surface area contributed by atoms with E-state index in [-0.39, 0.29) is 39.1 Å². The van der Waals surface area contributed by atoms with Gasteiger partial charge in [-0.1, -0.05) is 48.0 Å². The van der Waals surface area contributed by atoms with Gasteiger partial charge in [0, 0.05) is 11.5 Å². The zero-order valence-corrected chi connectivity index (χ0v) is 28.1. The van der Waals surface area contributed by atoms with Crippen molar-refractivity contribution in [3.63, 3.8) is 0 Å². The molecule has 2 aliphatic heterocycles. The van der Waals surface area contributed by atoms with E-state index >= 15 is 8.78 Å². The van der Waals surface area contributed by atoms with Crippen LogP contribution < -0.4 is 9.80 Å². The molecule has 0 unspecified atom stereocenters. The molecule has 2 heterocycles. The molecule has 0 aromatic heterocycles. The molecule has 2 aliphatic carbocycles. The van der Waals surface area contributed by atoms with Crippen LogP contribution >= 0.6 is 23.2 Å². The Morgan fingerprint density at radius 3 is 2.11 bits per heavy atom. The highest BCUT2D eigenvalue weighted by Crippen LogP contribution is 2.67. The second kappa shape index (κ2) is 11.6. The van der Waals surface area contributed by atoms with E-state index in [1.165, 1.54) is 36.4 Å². The zero-order valence-electron chi connectivity index (χ0n) is 26.6. The third-order valence-electron chi connectivity index (χ3n) is 10.8. The number of allylic oxidation sites excluding steroid dienone is 2. The molecule has 9 nitrogen and oxygen atoms in total. The number of alkyl halides is 2. The van der Waals surface area contributed by atoms with Crippen molar-refractivity contribution >= 4 is 74.9 Å². The quantitative estimate of drug-likeness (QED) is 0.0589. The number of benzene rings is 4. The summed E-state index contributed by atoms with van der Waals surface area (Å²) in [6.45, 7) is 0. The van der Waals surface area contributed by atoms with E-state index in [0.29, 0.717) is 5.39 Å². The van der Waals surface area contributed by atoms with Crippen LogP contribution in [-0.4, -0.2) is 49.6 Å². The molecule has 4 aliphatic rings. The highest BCUT2D eigenvalue weighted by molar-refractivity contribution is 6.58. The largest absolute Gasteiger partial charge is 0.508 e. The molecular weight excluding hydrogens is 750 g/mol. The summed E-state index contributed by atoms with van der Waals surface area (Å²) >= 11 is 14.4. The first-order valence-electron chi connectivity index (χ1n) is 16.0. The first kappa shape index (κ1) is 34.7. The van der Waals surface area contributed by atoms with Crippen molar-refractivity contribution in [2.24, 2.45) is 17.8 Å². The highest BCUT2D eigenvalue weighted by atomic mass is 35.5. The van der Waals surface area contributed by atoms with Gasteiger partial charge in [0.15, 0.2) is 33.0 Å². The molecule has 270 valence electrons. The number of halogens is 7. The number of carbonyl (C=O) groups is 5. The van der Waals surface area contributed by atoms with Gasteiger partial charge >= 0.3 is 5.97 Å². The van der Waals surface area contributed by atoms with Crippen LogP contribution in [0.5, 0.6) is 5.75 Å². The molecule has 2 saturated heterocycles. The summed E-state index contributed by atoms with van der Waals surface area (Å²) in [7, 11) is 0. The Bertz CT molecular complexity index is 2410. The van der Waals surface area contributed by atoms with Crippen molar-refractivity contribution in [2.45, 2.75) is 28.5 Å². The fourth-order valence-electron chi connectivity index (χ4n) is 8.50. The molecule has 4 aromatic rings. The van der Waals surface area contributed by atoms with Crippen LogP contribution in [-0.2, 0) is 19.2 Å². The Morgan fingerprint density at radius 2 is 1.43 bits per heavy atom. The SMILES string of the molecule is O=C(O)c1cccc(N2C(=O)[C@H]3[C@H](CC=C4[C@H]3C[C@@]3(Cl)C(=O)N(c5c(F)c(F)c(F)c(F)c5F)C(=O)[C@@]3(Cl)[C@H]4c3c(O)ccc4ccccc34)C2=O)c1. The minimum Gasteiger partial charge on any atom is -0.508 e. The number of fused-ring (bicyclic) bond motifs is 5. The molecule has 16 heteroatoms. The summed E-state index contributed by atoms with van der Waals surface area (Å²) in [5, 5.41) is 21.8. The molecule has 2 N–H and O–H groups in total. The predicted molar refractivity (Wildman–Crippen MR) is 178 cm³/mol. The minimum atomic E-state index is -2.83. The van der Waals surface area contributed by atoms with E-state index < -0.39 is 110 Å². The Balaban J connectivity index is 1.36. The van der Waals surface area contributed by atoms with Gasteiger partial charge in [0.05, 0.1) is 23.1 Å². The molecule has 6 atom stereocenters. The summed E-state index contributed by atoms with van der Waals surface area (Å²) in [4.78, 5) is 63.9. The van der Waals surface area contributed by atoms with Crippen molar-refractivity contribution in [3.8, 4) is 5.75 Å². The topological polar surface area (TPSA) is 132 Å². The van der Waals surface area contributed by atoms with E-state index in [2.05, 4.69) is 0 Å². The van der Waals surface area contributed by atoms with Crippen molar-refractivity contribution in [3.05, 3.63) is 113 Å². The lowest BCUT2D eigenvalue weighted by Gasteiger charge is -2.51. The Labute approximate surface area is 304 Å². The van der Waals surface area contributed by atoms with Gasteiger partial charge in [-0.2, -0.15) is 0 Å². The van der Waals surface area contributed by atoms with E-state index in [9.17, 15) is 47.4 Å². The summed E-state index contributed by atoms with van der Waals surface area (Å²) in [5.74, 6) is -24.5. The van der Waals surface area contributed by atoms with E-state index in [0.717, 1.165) is 11.0 Å². The minimum absolute atomic E-state index is 0.0632. The maximum Gasteiger partial charge on any atom is 0.335 e. The van der Waals surface area contributed by atoms with Crippen molar-refractivity contribution in [2.75, 3.05) is 9.80 Å². The third kappa shape index (κ3) is 4.39. The molecule has 0 radical (unpaired) electrons. The average molecular weight is 771 g/mol. The molecule has 3 fully saturated rings. The molecule has 8 rings (SSSR count). The van der Waals surface area contributed by atoms with Crippen LogP contribution in [0.1, 0.15) is 34.7 Å². The number of phenolic OH excluding ortho intramolecular Hbond substituents is 1. The van der Waals surface area contributed by atoms with Crippen LogP contribution in [0.15, 0.2) is 72.3 Å². The second-order valence-electron chi connectivity index (χ2n) is 13.3. The van der Waals surface area contributed by atoms with Gasteiger partial charge in [-0.05, 0) is 53.8 Å². The Hall–Kier alpha value is -5.34. The Morgan fingerprint density at radius 1 is 0.774 bits per heavy atom. The molecular formula is C37H21Cl2F5N2O7. The number of nitrogens with zero attached hydrogens (tertiary/aromatic N) is 2. The molecule has 0 spiro atoms. The lowest BCUT2D eigenvalue weighted by Crippen LogP contribution is -2.60. The van der Waals surface area contributed by atoms with Crippen molar-refractivity contribution < 1.29 is 56.1 Å². The van der Waals surface area contributed by atoms with Gasteiger partial charge in [-0.3, -0.25) is 24.1 Å². The fraction of sp³-hybridized carbons (Fsp3) is 0.216. The lowest BCUT2D eigenvalue weighted by molar-refractivity contribution is -0.125. The number of hydrogen-bond acceptors (Lipinski definition) is 6. The van der Waals surface area contributed by atoms with Gasteiger partial charge in [0.2, 0.25) is 17.6 Å². The van der Waals surface area contributed by atoms with Crippen LogP contribution in [0.3, 0.4) is 0 Å². The smallest absolute Gasteiger partial charge is 0.335 e. The van der Waals surface area contributed by atoms with Gasteiger partial charge < -0.3 is 10.2 Å². The molecule has 4 amide bonds. The van der Waals surface area contributed by atoms with Gasteiger partial charge in [0.25, 0.3) is 11.8 Å².